The Bertz CT molecular complexity index is 1450. The van der Waals surface area contributed by atoms with Gasteiger partial charge in [0.25, 0.3) is 10.0 Å². The van der Waals surface area contributed by atoms with E-state index in [0.29, 0.717) is 40.5 Å². The summed E-state index contributed by atoms with van der Waals surface area (Å²) < 4.78 is 34.1. The number of oxazole rings is 1. The second-order valence-corrected chi connectivity index (χ2v) is 10.2. The Labute approximate surface area is 184 Å². The summed E-state index contributed by atoms with van der Waals surface area (Å²) in [6.45, 7) is 2.11. The molecule has 0 saturated heterocycles. The third-order valence-corrected chi connectivity index (χ3v) is 8.03. The average molecular weight is 448 g/mol. The van der Waals surface area contributed by atoms with E-state index in [1.54, 1.807) is 43.0 Å². The highest BCUT2D eigenvalue weighted by molar-refractivity contribution is 8.00. The van der Waals surface area contributed by atoms with Gasteiger partial charge < -0.3 is 4.42 Å². The summed E-state index contributed by atoms with van der Waals surface area (Å²) in [6, 6.07) is 20.0. The van der Waals surface area contributed by atoms with Crippen molar-refractivity contribution in [3.05, 3.63) is 72.1 Å². The standard InChI is InChI=1S/C23H17N3O3S2/c1-15-25-20-8-7-19(13-22(20)29-15)31(27,28)26-10-11-30-23-9-6-18(12-21(23)26)17-4-2-16(14-24)3-5-17/h2-9,12-13H,10-11H2,1H3. The van der Waals surface area contributed by atoms with Crippen molar-refractivity contribution in [3.8, 4) is 17.2 Å². The molecule has 2 heterocycles. The van der Waals surface area contributed by atoms with Crippen LogP contribution in [0.15, 0.2) is 74.9 Å². The van der Waals surface area contributed by atoms with Gasteiger partial charge in [-0.05, 0) is 47.5 Å². The Morgan fingerprint density at radius 2 is 1.84 bits per heavy atom. The number of aromatic nitrogens is 1. The average Bonchev–Trinajstić information content (AvgIpc) is 3.17. The second-order valence-electron chi connectivity index (χ2n) is 7.16. The van der Waals surface area contributed by atoms with Crippen molar-refractivity contribution >= 4 is 38.6 Å². The van der Waals surface area contributed by atoms with Crippen LogP contribution in [0.25, 0.3) is 22.2 Å². The number of benzene rings is 3. The normalized spacial score (nSPS) is 13.7. The number of anilines is 1. The van der Waals surface area contributed by atoms with Crippen LogP contribution in [-0.2, 0) is 10.0 Å². The number of hydrogen-bond acceptors (Lipinski definition) is 6. The van der Waals surface area contributed by atoms with Crippen molar-refractivity contribution in [1.29, 1.82) is 5.26 Å². The molecule has 0 saturated carbocycles. The molecule has 0 aliphatic carbocycles. The molecule has 0 fully saturated rings. The maximum Gasteiger partial charge on any atom is 0.264 e. The lowest BCUT2D eigenvalue weighted by Gasteiger charge is -2.30. The molecule has 154 valence electrons. The fraction of sp³-hybridized carbons (Fsp3) is 0.130. The lowest BCUT2D eigenvalue weighted by atomic mass is 10.0. The molecule has 0 bridgehead atoms. The number of sulfonamides is 1. The van der Waals surface area contributed by atoms with Crippen LogP contribution in [0.2, 0.25) is 0 Å². The van der Waals surface area contributed by atoms with Crippen molar-refractivity contribution in [1.82, 2.24) is 4.98 Å². The van der Waals surface area contributed by atoms with Crippen LogP contribution >= 0.6 is 11.8 Å². The number of hydrogen-bond donors (Lipinski definition) is 0. The third kappa shape index (κ3) is 3.46. The smallest absolute Gasteiger partial charge is 0.264 e. The van der Waals surface area contributed by atoms with Crippen molar-refractivity contribution in [2.75, 3.05) is 16.6 Å². The van der Waals surface area contributed by atoms with E-state index in [9.17, 15) is 8.42 Å². The van der Waals surface area contributed by atoms with Gasteiger partial charge in [0.2, 0.25) is 0 Å². The summed E-state index contributed by atoms with van der Waals surface area (Å²) in [7, 11) is -3.78. The van der Waals surface area contributed by atoms with Gasteiger partial charge in [0.05, 0.1) is 22.2 Å². The fourth-order valence-electron chi connectivity index (χ4n) is 3.67. The van der Waals surface area contributed by atoms with E-state index in [-0.39, 0.29) is 4.90 Å². The highest BCUT2D eigenvalue weighted by Crippen LogP contribution is 2.40. The Hall–Kier alpha value is -3.28. The third-order valence-electron chi connectivity index (χ3n) is 5.18. The molecule has 1 aliphatic rings. The second kappa shape index (κ2) is 7.45. The molecule has 6 nitrogen and oxygen atoms in total. The first-order chi connectivity index (χ1) is 15.0. The van der Waals surface area contributed by atoms with Crippen molar-refractivity contribution in [2.45, 2.75) is 16.7 Å². The maximum absolute atomic E-state index is 13.6. The van der Waals surface area contributed by atoms with Gasteiger partial charge in [-0.25, -0.2) is 13.4 Å². The van der Waals surface area contributed by atoms with Crippen LogP contribution in [0.3, 0.4) is 0 Å². The number of rotatable bonds is 3. The van der Waals surface area contributed by atoms with E-state index in [0.717, 1.165) is 16.0 Å². The molecule has 1 aromatic heterocycles. The summed E-state index contributed by atoms with van der Waals surface area (Å²) in [4.78, 5) is 5.34. The van der Waals surface area contributed by atoms with Crippen LogP contribution in [-0.4, -0.2) is 25.7 Å². The van der Waals surface area contributed by atoms with Crippen LogP contribution in [0.4, 0.5) is 5.69 Å². The molecular formula is C23H17N3O3S2. The van der Waals surface area contributed by atoms with Gasteiger partial charge in [-0.2, -0.15) is 5.26 Å². The number of thioether (sulfide) groups is 1. The minimum absolute atomic E-state index is 0.178. The lowest BCUT2D eigenvalue weighted by molar-refractivity contribution is 0.559. The molecule has 8 heteroatoms. The molecular weight excluding hydrogens is 430 g/mol. The minimum atomic E-state index is -3.78. The van der Waals surface area contributed by atoms with Crippen molar-refractivity contribution in [3.63, 3.8) is 0 Å². The summed E-state index contributed by atoms with van der Waals surface area (Å²) >= 11 is 1.64. The van der Waals surface area contributed by atoms with E-state index in [2.05, 4.69) is 11.1 Å². The summed E-state index contributed by atoms with van der Waals surface area (Å²) in [5.41, 5.74) is 4.15. The minimum Gasteiger partial charge on any atom is -0.441 e. The molecule has 31 heavy (non-hydrogen) atoms. The molecule has 0 atom stereocenters. The summed E-state index contributed by atoms with van der Waals surface area (Å²) in [6.07, 6.45) is 0. The van der Waals surface area contributed by atoms with Gasteiger partial charge in [-0.15, -0.1) is 11.8 Å². The van der Waals surface area contributed by atoms with Crippen LogP contribution in [0, 0.1) is 18.3 Å². The van der Waals surface area contributed by atoms with E-state index < -0.39 is 10.0 Å². The largest absolute Gasteiger partial charge is 0.441 e. The molecule has 0 amide bonds. The number of nitrogens with zero attached hydrogens (tertiary/aromatic N) is 3. The highest BCUT2D eigenvalue weighted by Gasteiger charge is 2.30. The van der Waals surface area contributed by atoms with Crippen molar-refractivity contribution in [2.24, 2.45) is 0 Å². The molecule has 0 spiro atoms. The van der Waals surface area contributed by atoms with Crippen LogP contribution in [0.5, 0.6) is 0 Å². The Morgan fingerprint density at radius 3 is 2.61 bits per heavy atom. The van der Waals surface area contributed by atoms with Crippen LogP contribution < -0.4 is 4.31 Å². The number of fused-ring (bicyclic) bond motifs is 2. The SMILES string of the molecule is Cc1nc2ccc(S(=O)(=O)N3CCSc4ccc(-c5ccc(C#N)cc5)cc43)cc2o1. The van der Waals surface area contributed by atoms with Gasteiger partial charge in [0.15, 0.2) is 11.5 Å². The zero-order valence-corrected chi connectivity index (χ0v) is 18.2. The molecule has 0 unspecified atom stereocenters. The maximum atomic E-state index is 13.6. The van der Waals surface area contributed by atoms with Gasteiger partial charge in [-0.1, -0.05) is 18.2 Å². The van der Waals surface area contributed by atoms with E-state index in [1.165, 1.54) is 10.4 Å². The molecule has 1 aliphatic heterocycles. The van der Waals surface area contributed by atoms with E-state index in [1.807, 2.05) is 30.3 Å². The fourth-order valence-corrected chi connectivity index (χ4v) is 6.31. The van der Waals surface area contributed by atoms with Gasteiger partial charge in [0.1, 0.15) is 5.52 Å². The predicted molar refractivity (Wildman–Crippen MR) is 121 cm³/mol. The highest BCUT2D eigenvalue weighted by atomic mass is 32.2. The zero-order chi connectivity index (χ0) is 21.6. The lowest BCUT2D eigenvalue weighted by Crippen LogP contribution is -2.35. The van der Waals surface area contributed by atoms with Gasteiger partial charge in [-0.3, -0.25) is 4.31 Å². The van der Waals surface area contributed by atoms with E-state index in [4.69, 9.17) is 9.68 Å². The Balaban J connectivity index is 1.58. The summed E-state index contributed by atoms with van der Waals surface area (Å²) in [5.74, 6) is 1.17. The first-order valence-electron chi connectivity index (χ1n) is 9.63. The van der Waals surface area contributed by atoms with Gasteiger partial charge >= 0.3 is 0 Å². The monoisotopic (exact) mass is 447 g/mol. The number of aryl methyl sites for hydroxylation is 1. The molecule has 0 N–H and O–H groups in total. The van der Waals surface area contributed by atoms with Crippen molar-refractivity contribution < 1.29 is 12.8 Å². The summed E-state index contributed by atoms with van der Waals surface area (Å²) in [5, 5.41) is 9.02. The van der Waals surface area contributed by atoms with Gasteiger partial charge in [0, 0.05) is 30.2 Å². The Morgan fingerprint density at radius 1 is 1.06 bits per heavy atom. The molecule has 4 aromatic rings. The topological polar surface area (TPSA) is 87.2 Å². The number of nitriles is 1. The van der Waals surface area contributed by atoms with E-state index >= 15 is 0 Å². The zero-order valence-electron chi connectivity index (χ0n) is 16.6. The first-order valence-corrected chi connectivity index (χ1v) is 12.1. The first kappa shape index (κ1) is 19.7. The molecule has 5 rings (SSSR count). The predicted octanol–water partition coefficient (Wildman–Crippen LogP) is 4.98. The molecule has 0 radical (unpaired) electrons. The van der Waals surface area contributed by atoms with Crippen LogP contribution in [0.1, 0.15) is 11.5 Å². The quantitative estimate of drug-likeness (QED) is 0.440. The Kier molecular flexibility index (Phi) is 4.73. The molecule has 3 aromatic carbocycles.